The molecule has 1 saturated heterocycles. The summed E-state index contributed by atoms with van der Waals surface area (Å²) in [4.78, 5) is 14.5. The van der Waals surface area contributed by atoms with Gasteiger partial charge in [-0.1, -0.05) is 30.3 Å². The quantitative estimate of drug-likeness (QED) is 0.714. The van der Waals surface area contributed by atoms with Gasteiger partial charge in [0, 0.05) is 38.6 Å². The third-order valence-corrected chi connectivity index (χ3v) is 5.47. The van der Waals surface area contributed by atoms with E-state index in [2.05, 4.69) is 0 Å². The highest BCUT2D eigenvalue weighted by Gasteiger charge is 2.31. The van der Waals surface area contributed by atoms with Crippen LogP contribution in [0.3, 0.4) is 0 Å². The lowest BCUT2D eigenvalue weighted by Gasteiger charge is -2.32. The summed E-state index contributed by atoms with van der Waals surface area (Å²) in [6.07, 6.45) is 1.78. The predicted octanol–water partition coefficient (Wildman–Crippen LogP) is -0.0681. The van der Waals surface area contributed by atoms with Gasteiger partial charge in [0.1, 0.15) is 0 Å². The van der Waals surface area contributed by atoms with Gasteiger partial charge in [0.25, 0.3) is 10.2 Å². The first-order chi connectivity index (χ1) is 11.4. The standard InChI is InChI=1S/C16H26N4O3S/c17-9-13-19(10-6-14-4-2-1-3-5-14)16(21)15-7-11-20(12-8-15)24(18,22)23/h1-5,15H,6-13,17H2,(H2,18,22,23). The van der Waals surface area contributed by atoms with Gasteiger partial charge in [0.15, 0.2) is 0 Å². The first kappa shape index (κ1) is 18.9. The van der Waals surface area contributed by atoms with E-state index in [9.17, 15) is 13.2 Å². The van der Waals surface area contributed by atoms with E-state index in [1.54, 1.807) is 4.90 Å². The highest BCUT2D eigenvalue weighted by atomic mass is 32.2. The van der Waals surface area contributed by atoms with Crippen LogP contribution in [-0.4, -0.2) is 56.3 Å². The van der Waals surface area contributed by atoms with Gasteiger partial charge >= 0.3 is 0 Å². The van der Waals surface area contributed by atoms with Crippen molar-refractivity contribution < 1.29 is 13.2 Å². The number of hydrogen-bond acceptors (Lipinski definition) is 4. The molecule has 0 aromatic heterocycles. The molecular formula is C16H26N4O3S. The van der Waals surface area contributed by atoms with Crippen LogP contribution < -0.4 is 10.9 Å². The van der Waals surface area contributed by atoms with Crippen LogP contribution in [0, 0.1) is 5.92 Å². The molecule has 1 aromatic rings. The number of piperidine rings is 1. The molecule has 7 nitrogen and oxygen atoms in total. The summed E-state index contributed by atoms with van der Waals surface area (Å²) in [7, 11) is -3.66. The number of hydrogen-bond donors (Lipinski definition) is 2. The molecule has 1 aromatic carbocycles. The number of nitrogens with two attached hydrogens (primary N) is 2. The molecule has 0 unspecified atom stereocenters. The third kappa shape index (κ3) is 5.27. The van der Waals surface area contributed by atoms with Crippen LogP contribution in [0.2, 0.25) is 0 Å². The van der Waals surface area contributed by atoms with Crippen LogP contribution >= 0.6 is 0 Å². The van der Waals surface area contributed by atoms with E-state index in [4.69, 9.17) is 10.9 Å². The Morgan fingerprint density at radius 2 is 1.79 bits per heavy atom. The fourth-order valence-electron chi connectivity index (χ4n) is 3.01. The summed E-state index contributed by atoms with van der Waals surface area (Å²) in [5, 5.41) is 5.14. The molecule has 0 aliphatic carbocycles. The van der Waals surface area contributed by atoms with Crippen molar-refractivity contribution in [2.75, 3.05) is 32.7 Å². The van der Waals surface area contributed by atoms with E-state index in [1.807, 2.05) is 30.3 Å². The van der Waals surface area contributed by atoms with Crippen molar-refractivity contribution >= 4 is 16.1 Å². The van der Waals surface area contributed by atoms with Crippen LogP contribution in [0.4, 0.5) is 0 Å². The average Bonchev–Trinajstić information content (AvgIpc) is 2.58. The summed E-state index contributed by atoms with van der Waals surface area (Å²) in [5.41, 5.74) is 6.82. The first-order valence-electron chi connectivity index (χ1n) is 8.22. The largest absolute Gasteiger partial charge is 0.341 e. The summed E-state index contributed by atoms with van der Waals surface area (Å²) in [5.74, 6) is -0.101. The van der Waals surface area contributed by atoms with Crippen molar-refractivity contribution in [2.45, 2.75) is 19.3 Å². The molecule has 0 saturated carbocycles. The van der Waals surface area contributed by atoms with E-state index in [-0.39, 0.29) is 11.8 Å². The van der Waals surface area contributed by atoms with Crippen LogP contribution in [0.25, 0.3) is 0 Å². The number of rotatable bonds is 7. The maximum atomic E-state index is 12.7. The van der Waals surface area contributed by atoms with Crippen molar-refractivity contribution in [2.24, 2.45) is 16.8 Å². The fraction of sp³-hybridized carbons (Fsp3) is 0.562. The van der Waals surface area contributed by atoms with Crippen LogP contribution in [0.5, 0.6) is 0 Å². The maximum Gasteiger partial charge on any atom is 0.276 e. The number of benzene rings is 1. The molecule has 1 amide bonds. The number of carbonyl (C=O) groups excluding carboxylic acids is 1. The molecule has 1 aliphatic rings. The van der Waals surface area contributed by atoms with Gasteiger partial charge in [-0.2, -0.15) is 12.7 Å². The maximum absolute atomic E-state index is 12.7. The Hall–Kier alpha value is -1.48. The molecule has 2 rings (SSSR count). The summed E-state index contributed by atoms with van der Waals surface area (Å²) < 4.78 is 23.9. The molecule has 0 radical (unpaired) electrons. The van der Waals surface area contributed by atoms with Crippen molar-refractivity contribution in [3.05, 3.63) is 35.9 Å². The van der Waals surface area contributed by atoms with Crippen molar-refractivity contribution in [3.63, 3.8) is 0 Å². The molecule has 1 heterocycles. The number of carbonyl (C=O) groups is 1. The third-order valence-electron chi connectivity index (χ3n) is 4.39. The predicted molar refractivity (Wildman–Crippen MR) is 93.2 cm³/mol. The molecule has 4 N–H and O–H groups in total. The molecule has 8 heteroatoms. The van der Waals surface area contributed by atoms with Gasteiger partial charge in [-0.3, -0.25) is 4.79 Å². The van der Waals surface area contributed by atoms with E-state index in [0.717, 1.165) is 6.42 Å². The Labute approximate surface area is 143 Å². The first-order valence-corrected chi connectivity index (χ1v) is 9.73. The lowest BCUT2D eigenvalue weighted by atomic mass is 9.96. The lowest BCUT2D eigenvalue weighted by molar-refractivity contribution is -0.136. The molecular weight excluding hydrogens is 328 g/mol. The number of amides is 1. The molecule has 134 valence electrons. The zero-order chi connectivity index (χ0) is 17.6. The zero-order valence-corrected chi connectivity index (χ0v) is 14.6. The van der Waals surface area contributed by atoms with Gasteiger partial charge < -0.3 is 10.6 Å². The lowest BCUT2D eigenvalue weighted by Crippen LogP contribution is -2.47. The second-order valence-corrected chi connectivity index (χ2v) is 7.61. The van der Waals surface area contributed by atoms with Gasteiger partial charge in [0.05, 0.1) is 0 Å². The second kappa shape index (κ2) is 8.57. The molecule has 0 bridgehead atoms. The number of nitrogens with zero attached hydrogens (tertiary/aromatic N) is 2. The van der Waals surface area contributed by atoms with Gasteiger partial charge in [-0.15, -0.1) is 0 Å². The highest BCUT2D eigenvalue weighted by Crippen LogP contribution is 2.21. The summed E-state index contributed by atoms with van der Waals surface area (Å²) >= 11 is 0. The monoisotopic (exact) mass is 354 g/mol. The van der Waals surface area contributed by atoms with E-state index in [1.165, 1.54) is 9.87 Å². The van der Waals surface area contributed by atoms with Crippen LogP contribution in [0.15, 0.2) is 30.3 Å². The topological polar surface area (TPSA) is 110 Å². The normalized spacial score (nSPS) is 16.9. The van der Waals surface area contributed by atoms with Crippen molar-refractivity contribution in [1.82, 2.24) is 9.21 Å². The molecule has 0 atom stereocenters. The summed E-state index contributed by atoms with van der Waals surface area (Å²) in [6.45, 7) is 2.14. The van der Waals surface area contributed by atoms with Crippen LogP contribution in [0.1, 0.15) is 18.4 Å². The van der Waals surface area contributed by atoms with Crippen molar-refractivity contribution in [1.29, 1.82) is 0 Å². The highest BCUT2D eigenvalue weighted by molar-refractivity contribution is 7.86. The second-order valence-electron chi connectivity index (χ2n) is 6.07. The minimum Gasteiger partial charge on any atom is -0.341 e. The Morgan fingerprint density at radius 3 is 2.33 bits per heavy atom. The Morgan fingerprint density at radius 1 is 1.17 bits per heavy atom. The fourth-order valence-corrected chi connectivity index (χ4v) is 3.73. The molecule has 1 aliphatic heterocycles. The Bertz CT molecular complexity index is 628. The van der Waals surface area contributed by atoms with Crippen LogP contribution in [-0.2, 0) is 21.4 Å². The van der Waals surface area contributed by atoms with E-state index < -0.39 is 10.2 Å². The minimum absolute atomic E-state index is 0.0606. The Kier molecular flexibility index (Phi) is 6.73. The van der Waals surface area contributed by atoms with Gasteiger partial charge in [-0.25, -0.2) is 5.14 Å². The molecule has 0 spiro atoms. The SMILES string of the molecule is NCCN(CCc1ccccc1)C(=O)C1CCN(S(N)(=O)=O)CC1. The van der Waals surface area contributed by atoms with Gasteiger partial charge in [-0.05, 0) is 24.8 Å². The molecule has 24 heavy (non-hydrogen) atoms. The average molecular weight is 354 g/mol. The Balaban J connectivity index is 1.92. The smallest absolute Gasteiger partial charge is 0.276 e. The zero-order valence-electron chi connectivity index (χ0n) is 13.8. The van der Waals surface area contributed by atoms with E-state index >= 15 is 0 Å². The summed E-state index contributed by atoms with van der Waals surface area (Å²) in [6, 6.07) is 10.00. The van der Waals surface area contributed by atoms with Gasteiger partial charge in [0.2, 0.25) is 5.91 Å². The van der Waals surface area contributed by atoms with Crippen molar-refractivity contribution in [3.8, 4) is 0 Å². The van der Waals surface area contributed by atoms with E-state index in [0.29, 0.717) is 45.6 Å². The molecule has 1 fully saturated rings. The minimum atomic E-state index is -3.66.